The van der Waals surface area contributed by atoms with Gasteiger partial charge < -0.3 is 14.9 Å². The van der Waals surface area contributed by atoms with Crippen LogP contribution in [-0.2, 0) is 21.0 Å². The van der Waals surface area contributed by atoms with Gasteiger partial charge in [0.05, 0.1) is 13.3 Å². The van der Waals surface area contributed by atoms with Crippen LogP contribution in [0.1, 0.15) is 15.9 Å². The van der Waals surface area contributed by atoms with E-state index in [0.29, 0.717) is 21.2 Å². The van der Waals surface area contributed by atoms with Crippen LogP contribution in [0.2, 0.25) is 10.0 Å². The van der Waals surface area contributed by atoms with Gasteiger partial charge in [0, 0.05) is 21.2 Å². The molecule has 1 atom stereocenters. The van der Waals surface area contributed by atoms with Gasteiger partial charge in [-0.15, -0.1) is 0 Å². The molecule has 6 nitrogen and oxygen atoms in total. The Hall–Kier alpha value is -2.57. The molecule has 136 valence electrons. The summed E-state index contributed by atoms with van der Waals surface area (Å²) in [4.78, 5) is 29.1. The molecule has 0 spiro atoms. The number of halogens is 2. The van der Waals surface area contributed by atoms with Crippen LogP contribution in [0.15, 0.2) is 53.7 Å². The fraction of sp³-hybridized carbons (Fsp3) is 0.167. The largest absolute Gasteiger partial charge is 0.467 e. The smallest absolute Gasteiger partial charge is 0.334 e. The highest BCUT2D eigenvalue weighted by atomic mass is 35.5. The van der Waals surface area contributed by atoms with Gasteiger partial charge in [-0.05, 0) is 24.3 Å². The van der Waals surface area contributed by atoms with Crippen molar-refractivity contribution in [1.29, 1.82) is 0 Å². The van der Waals surface area contributed by atoms with Gasteiger partial charge in [0.25, 0.3) is 5.91 Å². The maximum absolute atomic E-state index is 12.2. The van der Waals surface area contributed by atoms with Crippen LogP contribution in [-0.4, -0.2) is 31.2 Å². The van der Waals surface area contributed by atoms with Crippen LogP contribution >= 0.6 is 23.2 Å². The van der Waals surface area contributed by atoms with E-state index in [4.69, 9.17) is 28.0 Å². The normalized spacial score (nSPS) is 11.8. The molecule has 26 heavy (non-hydrogen) atoms. The Kier molecular flexibility index (Phi) is 7.44. The van der Waals surface area contributed by atoms with Gasteiger partial charge >= 0.3 is 5.97 Å². The number of hydrogen-bond acceptors (Lipinski definition) is 5. The number of amides is 1. The third-order valence-corrected chi connectivity index (χ3v) is 3.88. The van der Waals surface area contributed by atoms with Crippen LogP contribution in [0.3, 0.4) is 0 Å². The SMILES string of the molecule is COC(=O)[C@@H](/C=N\OCc1ccc(Cl)cc1Cl)NC(=O)c1ccccc1. The minimum atomic E-state index is -1.09. The molecule has 0 aromatic heterocycles. The standard InChI is InChI=1S/C18H16Cl2N2O4/c1-25-18(24)16(22-17(23)12-5-3-2-4-6-12)10-21-26-11-13-7-8-14(19)9-15(13)20/h2-10,16H,11H2,1H3,(H,22,23)/b21-10-/t16-/m1/s1. The summed E-state index contributed by atoms with van der Waals surface area (Å²) in [5, 5.41) is 7.18. The number of nitrogens with one attached hydrogen (secondary N) is 1. The van der Waals surface area contributed by atoms with Gasteiger partial charge in [-0.2, -0.15) is 0 Å². The molecule has 0 bridgehead atoms. The highest BCUT2D eigenvalue weighted by molar-refractivity contribution is 6.35. The lowest BCUT2D eigenvalue weighted by Crippen LogP contribution is -2.42. The van der Waals surface area contributed by atoms with Crippen molar-refractivity contribution >= 4 is 41.3 Å². The minimum absolute atomic E-state index is 0.0764. The molecule has 0 aliphatic carbocycles. The van der Waals surface area contributed by atoms with Crippen molar-refractivity contribution in [3.05, 3.63) is 69.7 Å². The van der Waals surface area contributed by atoms with E-state index in [2.05, 4.69) is 15.2 Å². The summed E-state index contributed by atoms with van der Waals surface area (Å²) in [6, 6.07) is 12.3. The number of carbonyl (C=O) groups excluding carboxylic acids is 2. The van der Waals surface area contributed by atoms with Crippen molar-refractivity contribution in [1.82, 2.24) is 5.32 Å². The quantitative estimate of drug-likeness (QED) is 0.443. The molecule has 0 aliphatic rings. The van der Waals surface area contributed by atoms with Crippen molar-refractivity contribution in [2.45, 2.75) is 12.6 Å². The number of benzene rings is 2. The number of ether oxygens (including phenoxy) is 1. The highest BCUT2D eigenvalue weighted by Crippen LogP contribution is 2.21. The number of carbonyl (C=O) groups is 2. The number of nitrogens with zero attached hydrogens (tertiary/aromatic N) is 1. The fourth-order valence-corrected chi connectivity index (χ4v) is 2.41. The van der Waals surface area contributed by atoms with Gasteiger partial charge in [0.15, 0.2) is 6.04 Å². The van der Waals surface area contributed by atoms with Crippen LogP contribution in [0.4, 0.5) is 0 Å². The first-order valence-corrected chi connectivity index (χ1v) is 8.30. The summed E-state index contributed by atoms with van der Waals surface area (Å²) >= 11 is 11.9. The summed E-state index contributed by atoms with van der Waals surface area (Å²) in [6.45, 7) is 0.0764. The molecule has 8 heteroatoms. The average Bonchev–Trinajstić information content (AvgIpc) is 2.65. The lowest BCUT2D eigenvalue weighted by Gasteiger charge is -2.12. The van der Waals surface area contributed by atoms with E-state index >= 15 is 0 Å². The van der Waals surface area contributed by atoms with Gasteiger partial charge in [0.2, 0.25) is 0 Å². The molecule has 2 rings (SSSR count). The topological polar surface area (TPSA) is 77.0 Å². The summed E-state index contributed by atoms with van der Waals surface area (Å²) in [7, 11) is 1.21. The predicted molar refractivity (Wildman–Crippen MR) is 99.5 cm³/mol. The van der Waals surface area contributed by atoms with Crippen molar-refractivity contribution in [2.24, 2.45) is 5.16 Å². The summed E-state index contributed by atoms with van der Waals surface area (Å²) in [5.74, 6) is -1.11. The summed E-state index contributed by atoms with van der Waals surface area (Å²) in [5.41, 5.74) is 1.08. The monoisotopic (exact) mass is 394 g/mol. The second-order valence-electron chi connectivity index (χ2n) is 5.10. The number of rotatable bonds is 7. The van der Waals surface area contributed by atoms with Gasteiger partial charge in [-0.25, -0.2) is 4.79 Å². The first-order chi connectivity index (χ1) is 12.5. The maximum atomic E-state index is 12.2. The molecule has 1 N–H and O–H groups in total. The molecule has 0 saturated carbocycles. The third-order valence-electron chi connectivity index (χ3n) is 3.30. The number of methoxy groups -OCH3 is 1. The van der Waals surface area contributed by atoms with Gasteiger partial charge in [-0.3, -0.25) is 4.79 Å². The van der Waals surface area contributed by atoms with Crippen LogP contribution in [0, 0.1) is 0 Å². The molecule has 2 aromatic carbocycles. The van der Waals surface area contributed by atoms with E-state index in [0.717, 1.165) is 6.21 Å². The van der Waals surface area contributed by atoms with Crippen LogP contribution in [0.5, 0.6) is 0 Å². The Balaban J connectivity index is 1.97. The number of esters is 1. The Morgan fingerprint density at radius 3 is 2.58 bits per heavy atom. The van der Waals surface area contributed by atoms with Gasteiger partial charge in [-0.1, -0.05) is 52.6 Å². The van der Waals surface area contributed by atoms with E-state index in [1.54, 1.807) is 48.5 Å². The van der Waals surface area contributed by atoms with Gasteiger partial charge in [0.1, 0.15) is 6.61 Å². The molecule has 0 unspecified atom stereocenters. The molecule has 1 amide bonds. The Morgan fingerprint density at radius 1 is 1.19 bits per heavy atom. The zero-order chi connectivity index (χ0) is 18.9. The molecule has 0 fully saturated rings. The number of hydrogen-bond donors (Lipinski definition) is 1. The first kappa shape index (κ1) is 19.8. The van der Waals surface area contributed by atoms with Crippen molar-refractivity contribution in [2.75, 3.05) is 7.11 Å². The second kappa shape index (κ2) is 9.79. The maximum Gasteiger partial charge on any atom is 0.334 e. The number of oxime groups is 1. The van der Waals surface area contributed by atoms with Crippen molar-refractivity contribution in [3.8, 4) is 0 Å². The van der Waals surface area contributed by atoms with E-state index in [1.807, 2.05) is 0 Å². The van der Waals surface area contributed by atoms with E-state index in [1.165, 1.54) is 7.11 Å². The summed E-state index contributed by atoms with van der Waals surface area (Å²) in [6.07, 6.45) is 1.15. The Bertz CT molecular complexity index is 797. The fourth-order valence-electron chi connectivity index (χ4n) is 1.95. The van der Waals surface area contributed by atoms with Crippen molar-refractivity contribution < 1.29 is 19.2 Å². The zero-order valence-corrected chi connectivity index (χ0v) is 15.3. The highest BCUT2D eigenvalue weighted by Gasteiger charge is 2.20. The summed E-state index contributed by atoms with van der Waals surface area (Å²) < 4.78 is 4.66. The van der Waals surface area contributed by atoms with E-state index < -0.39 is 17.9 Å². The Labute approximate surface area is 160 Å². The minimum Gasteiger partial charge on any atom is -0.467 e. The van der Waals surface area contributed by atoms with Crippen LogP contribution < -0.4 is 5.32 Å². The molecule has 0 radical (unpaired) electrons. The molecule has 0 saturated heterocycles. The third kappa shape index (κ3) is 5.75. The molecule has 2 aromatic rings. The second-order valence-corrected chi connectivity index (χ2v) is 5.95. The zero-order valence-electron chi connectivity index (χ0n) is 13.8. The first-order valence-electron chi connectivity index (χ1n) is 7.54. The lowest BCUT2D eigenvalue weighted by molar-refractivity contribution is -0.140. The van der Waals surface area contributed by atoms with E-state index in [9.17, 15) is 9.59 Å². The average molecular weight is 395 g/mol. The molecular weight excluding hydrogens is 379 g/mol. The molecule has 0 heterocycles. The predicted octanol–water partition coefficient (Wildman–Crippen LogP) is 3.47. The lowest BCUT2D eigenvalue weighted by atomic mass is 10.2. The molecule has 0 aliphatic heterocycles. The van der Waals surface area contributed by atoms with Crippen LogP contribution in [0.25, 0.3) is 0 Å². The van der Waals surface area contributed by atoms with Crippen molar-refractivity contribution in [3.63, 3.8) is 0 Å². The molecular formula is C18H16Cl2N2O4. The van der Waals surface area contributed by atoms with E-state index in [-0.39, 0.29) is 6.61 Å². The Morgan fingerprint density at radius 2 is 1.92 bits per heavy atom.